The summed E-state index contributed by atoms with van der Waals surface area (Å²) in [7, 11) is 0. The van der Waals surface area contributed by atoms with Crippen molar-refractivity contribution in [3.05, 3.63) is 48.0 Å². The van der Waals surface area contributed by atoms with Crippen LogP contribution in [-0.2, 0) is 0 Å². The first-order valence-corrected chi connectivity index (χ1v) is 7.45. The molecule has 1 aliphatic rings. The standard InChI is InChI=1S/C16H21FN4/c1-12(14-9-19-20-10-14)18-8-13-6-7-21(11-13)16-4-2-15(17)3-5-16/h2-5,9-10,12-13,18H,6-8,11H2,1H3,(H,19,20)/t12-,13+/m0/s1. The highest BCUT2D eigenvalue weighted by molar-refractivity contribution is 5.47. The van der Waals surface area contributed by atoms with E-state index in [0.717, 1.165) is 25.3 Å². The average Bonchev–Trinajstić information content (AvgIpc) is 3.17. The zero-order valence-electron chi connectivity index (χ0n) is 12.2. The summed E-state index contributed by atoms with van der Waals surface area (Å²) in [6.45, 7) is 5.20. The maximum absolute atomic E-state index is 13.0. The minimum absolute atomic E-state index is 0.176. The molecule has 2 atom stereocenters. The number of H-pyrrole nitrogens is 1. The largest absolute Gasteiger partial charge is 0.371 e. The first kappa shape index (κ1) is 14.1. The van der Waals surface area contributed by atoms with Gasteiger partial charge in [-0.1, -0.05) is 0 Å². The van der Waals surface area contributed by atoms with Crippen molar-refractivity contribution in [3.8, 4) is 0 Å². The Labute approximate surface area is 124 Å². The molecule has 5 heteroatoms. The number of hydrogen-bond donors (Lipinski definition) is 2. The molecule has 1 saturated heterocycles. The van der Waals surface area contributed by atoms with Crippen molar-refractivity contribution in [2.24, 2.45) is 5.92 Å². The molecule has 2 aromatic rings. The molecule has 0 spiro atoms. The zero-order valence-corrected chi connectivity index (χ0v) is 12.2. The van der Waals surface area contributed by atoms with Crippen molar-refractivity contribution in [2.75, 3.05) is 24.5 Å². The number of hydrogen-bond acceptors (Lipinski definition) is 3. The van der Waals surface area contributed by atoms with Crippen LogP contribution in [0.5, 0.6) is 0 Å². The van der Waals surface area contributed by atoms with Gasteiger partial charge in [0, 0.05) is 43.1 Å². The van der Waals surface area contributed by atoms with E-state index in [1.807, 2.05) is 24.5 Å². The fourth-order valence-corrected chi connectivity index (χ4v) is 2.84. The molecule has 0 radical (unpaired) electrons. The Balaban J connectivity index is 1.49. The molecule has 2 heterocycles. The van der Waals surface area contributed by atoms with Gasteiger partial charge in [0.2, 0.25) is 0 Å². The van der Waals surface area contributed by atoms with Crippen molar-refractivity contribution >= 4 is 5.69 Å². The Morgan fingerprint density at radius 2 is 2.24 bits per heavy atom. The first-order chi connectivity index (χ1) is 10.2. The van der Waals surface area contributed by atoms with Crippen LogP contribution >= 0.6 is 0 Å². The van der Waals surface area contributed by atoms with Crippen LogP contribution in [0.15, 0.2) is 36.7 Å². The topological polar surface area (TPSA) is 44.0 Å². The molecule has 3 rings (SSSR count). The predicted octanol–water partition coefficient (Wildman–Crippen LogP) is 2.73. The van der Waals surface area contributed by atoms with Gasteiger partial charge in [0.1, 0.15) is 5.82 Å². The van der Waals surface area contributed by atoms with Gasteiger partial charge in [0.05, 0.1) is 6.20 Å². The molecule has 0 aliphatic carbocycles. The van der Waals surface area contributed by atoms with Crippen LogP contribution in [0.25, 0.3) is 0 Å². The number of rotatable bonds is 5. The fraction of sp³-hybridized carbons (Fsp3) is 0.438. The number of aromatic nitrogens is 2. The Morgan fingerprint density at radius 1 is 1.43 bits per heavy atom. The van der Waals surface area contributed by atoms with E-state index in [0.29, 0.717) is 12.0 Å². The van der Waals surface area contributed by atoms with Crippen molar-refractivity contribution in [2.45, 2.75) is 19.4 Å². The number of nitrogens with zero attached hydrogens (tertiary/aromatic N) is 2. The van der Waals surface area contributed by atoms with E-state index in [1.165, 1.54) is 24.1 Å². The van der Waals surface area contributed by atoms with E-state index in [2.05, 4.69) is 27.3 Å². The average molecular weight is 288 g/mol. The lowest BCUT2D eigenvalue weighted by molar-refractivity contribution is 0.473. The molecule has 4 nitrogen and oxygen atoms in total. The van der Waals surface area contributed by atoms with Gasteiger partial charge in [-0.15, -0.1) is 0 Å². The second-order valence-electron chi connectivity index (χ2n) is 5.74. The van der Waals surface area contributed by atoms with Crippen LogP contribution in [0.4, 0.5) is 10.1 Å². The van der Waals surface area contributed by atoms with Crippen molar-refractivity contribution in [1.29, 1.82) is 0 Å². The summed E-state index contributed by atoms with van der Waals surface area (Å²) in [5.74, 6) is 0.453. The van der Waals surface area contributed by atoms with Gasteiger partial charge in [0.15, 0.2) is 0 Å². The highest BCUT2D eigenvalue weighted by atomic mass is 19.1. The minimum atomic E-state index is -0.176. The highest BCUT2D eigenvalue weighted by Crippen LogP contribution is 2.24. The first-order valence-electron chi connectivity index (χ1n) is 7.45. The third-order valence-corrected chi connectivity index (χ3v) is 4.21. The number of nitrogens with one attached hydrogen (secondary N) is 2. The molecule has 1 aromatic heterocycles. The number of anilines is 1. The Morgan fingerprint density at radius 3 is 2.95 bits per heavy atom. The summed E-state index contributed by atoms with van der Waals surface area (Å²) in [4.78, 5) is 2.33. The number of benzene rings is 1. The molecule has 0 bridgehead atoms. The van der Waals surface area contributed by atoms with E-state index in [9.17, 15) is 4.39 Å². The molecular weight excluding hydrogens is 267 g/mol. The summed E-state index contributed by atoms with van der Waals surface area (Å²) in [5, 5.41) is 10.4. The van der Waals surface area contributed by atoms with Gasteiger partial charge in [-0.05, 0) is 43.5 Å². The molecule has 0 amide bonds. The molecule has 112 valence electrons. The predicted molar refractivity (Wildman–Crippen MR) is 81.7 cm³/mol. The van der Waals surface area contributed by atoms with Gasteiger partial charge in [-0.3, -0.25) is 5.10 Å². The minimum Gasteiger partial charge on any atom is -0.371 e. The van der Waals surface area contributed by atoms with E-state index >= 15 is 0 Å². The van der Waals surface area contributed by atoms with Gasteiger partial charge in [0.25, 0.3) is 0 Å². The van der Waals surface area contributed by atoms with E-state index in [1.54, 1.807) is 0 Å². The van der Waals surface area contributed by atoms with Gasteiger partial charge in [-0.2, -0.15) is 5.10 Å². The lowest BCUT2D eigenvalue weighted by atomic mass is 10.1. The highest BCUT2D eigenvalue weighted by Gasteiger charge is 2.23. The van der Waals surface area contributed by atoms with Crippen LogP contribution in [0.3, 0.4) is 0 Å². The van der Waals surface area contributed by atoms with Crippen LogP contribution in [-0.4, -0.2) is 29.8 Å². The molecule has 1 aromatic carbocycles. The smallest absolute Gasteiger partial charge is 0.123 e. The second kappa shape index (κ2) is 6.26. The van der Waals surface area contributed by atoms with E-state index < -0.39 is 0 Å². The maximum Gasteiger partial charge on any atom is 0.123 e. The Bertz CT molecular complexity index is 552. The normalized spacial score (nSPS) is 19.9. The maximum atomic E-state index is 13.0. The lowest BCUT2D eigenvalue weighted by Gasteiger charge is -2.20. The van der Waals surface area contributed by atoms with Crippen LogP contribution in [0, 0.1) is 11.7 Å². The van der Waals surface area contributed by atoms with Crippen molar-refractivity contribution in [1.82, 2.24) is 15.5 Å². The SMILES string of the molecule is C[C@H](NC[C@H]1CCN(c2ccc(F)cc2)C1)c1cn[nH]c1. The summed E-state index contributed by atoms with van der Waals surface area (Å²) in [5.41, 5.74) is 2.30. The monoisotopic (exact) mass is 288 g/mol. The van der Waals surface area contributed by atoms with Gasteiger partial charge >= 0.3 is 0 Å². The lowest BCUT2D eigenvalue weighted by Crippen LogP contribution is -2.28. The molecule has 1 aliphatic heterocycles. The molecule has 0 saturated carbocycles. The third-order valence-electron chi connectivity index (χ3n) is 4.21. The van der Waals surface area contributed by atoms with E-state index in [4.69, 9.17) is 0 Å². The summed E-state index contributed by atoms with van der Waals surface area (Å²) >= 11 is 0. The zero-order chi connectivity index (χ0) is 14.7. The van der Waals surface area contributed by atoms with Gasteiger partial charge < -0.3 is 10.2 Å². The third kappa shape index (κ3) is 3.42. The molecule has 2 N–H and O–H groups in total. The fourth-order valence-electron chi connectivity index (χ4n) is 2.84. The van der Waals surface area contributed by atoms with Crippen LogP contribution in [0.1, 0.15) is 24.9 Å². The molecule has 0 unspecified atom stereocenters. The summed E-state index contributed by atoms with van der Waals surface area (Å²) in [6.07, 6.45) is 4.96. The van der Waals surface area contributed by atoms with Crippen LogP contribution in [0.2, 0.25) is 0 Å². The van der Waals surface area contributed by atoms with Gasteiger partial charge in [-0.25, -0.2) is 4.39 Å². The molecule has 21 heavy (non-hydrogen) atoms. The molecule has 1 fully saturated rings. The number of halogens is 1. The summed E-state index contributed by atoms with van der Waals surface area (Å²) < 4.78 is 13.0. The van der Waals surface area contributed by atoms with E-state index in [-0.39, 0.29) is 5.82 Å². The van der Waals surface area contributed by atoms with Crippen molar-refractivity contribution < 1.29 is 4.39 Å². The second-order valence-corrected chi connectivity index (χ2v) is 5.74. The quantitative estimate of drug-likeness (QED) is 0.889. The van der Waals surface area contributed by atoms with Crippen molar-refractivity contribution in [3.63, 3.8) is 0 Å². The Kier molecular flexibility index (Phi) is 4.20. The van der Waals surface area contributed by atoms with Crippen LogP contribution < -0.4 is 10.2 Å². The Hall–Kier alpha value is -1.88. The summed E-state index contributed by atoms with van der Waals surface area (Å²) in [6, 6.07) is 7.09. The number of aromatic amines is 1. The molecular formula is C16H21FN4.